The molecule has 2 amide bonds. The lowest BCUT2D eigenvalue weighted by molar-refractivity contribution is -0.129. The van der Waals surface area contributed by atoms with Crippen LogP contribution in [0.25, 0.3) is 11.3 Å². The van der Waals surface area contributed by atoms with Gasteiger partial charge in [-0.15, -0.1) is 0 Å². The molecule has 0 aliphatic heterocycles. The van der Waals surface area contributed by atoms with Gasteiger partial charge in [0.2, 0.25) is 11.8 Å². The number of amides is 2. The number of nitrogens with zero attached hydrogens (tertiary/aromatic N) is 2. The van der Waals surface area contributed by atoms with Gasteiger partial charge in [-0.3, -0.25) is 14.4 Å². The van der Waals surface area contributed by atoms with Crippen LogP contribution in [0.3, 0.4) is 0 Å². The van der Waals surface area contributed by atoms with Crippen molar-refractivity contribution in [2.45, 2.75) is 37.9 Å². The molecule has 1 atom stereocenters. The van der Waals surface area contributed by atoms with Crippen molar-refractivity contribution in [1.29, 1.82) is 0 Å². The van der Waals surface area contributed by atoms with Gasteiger partial charge in [0, 0.05) is 24.1 Å². The van der Waals surface area contributed by atoms with Crippen molar-refractivity contribution in [2.24, 2.45) is 0 Å². The van der Waals surface area contributed by atoms with Crippen LogP contribution < -0.4 is 16.2 Å². The highest BCUT2D eigenvalue weighted by molar-refractivity contribution is 5.88. The SMILES string of the molecule is O=C(Cn1nc(-c2ccccc2)ccc1=O)NC(Cc1ccccc1)C(=O)NC1CC1. The van der Waals surface area contributed by atoms with Gasteiger partial charge in [0.15, 0.2) is 0 Å². The van der Waals surface area contributed by atoms with E-state index in [0.717, 1.165) is 28.7 Å². The minimum atomic E-state index is -0.719. The molecule has 0 spiro atoms. The number of hydrogen-bond acceptors (Lipinski definition) is 4. The van der Waals surface area contributed by atoms with Gasteiger partial charge < -0.3 is 10.6 Å². The third kappa shape index (κ3) is 5.66. The van der Waals surface area contributed by atoms with Gasteiger partial charge >= 0.3 is 0 Å². The molecule has 7 heteroatoms. The lowest BCUT2D eigenvalue weighted by atomic mass is 10.1. The molecular formula is C24H24N4O3. The second-order valence-corrected chi connectivity index (χ2v) is 7.67. The van der Waals surface area contributed by atoms with Gasteiger partial charge in [-0.1, -0.05) is 60.7 Å². The Hall–Kier alpha value is -3.74. The Balaban J connectivity index is 1.48. The number of benzene rings is 2. The number of carbonyl (C=O) groups excluding carboxylic acids is 2. The van der Waals surface area contributed by atoms with E-state index < -0.39 is 11.9 Å². The number of aromatic nitrogens is 2. The summed E-state index contributed by atoms with van der Waals surface area (Å²) in [7, 11) is 0. The Labute approximate surface area is 180 Å². The molecule has 3 aromatic rings. The smallest absolute Gasteiger partial charge is 0.267 e. The van der Waals surface area contributed by atoms with Crippen LogP contribution >= 0.6 is 0 Å². The number of carbonyl (C=O) groups is 2. The molecule has 1 unspecified atom stereocenters. The van der Waals surface area contributed by atoms with Crippen LogP contribution in [0, 0.1) is 0 Å². The molecule has 1 fully saturated rings. The third-order valence-corrected chi connectivity index (χ3v) is 5.09. The van der Waals surface area contributed by atoms with Gasteiger partial charge in [0.05, 0.1) is 5.69 Å². The first kappa shape index (κ1) is 20.5. The second kappa shape index (κ2) is 9.38. The number of hydrogen-bond donors (Lipinski definition) is 2. The first-order valence-corrected chi connectivity index (χ1v) is 10.4. The Morgan fingerprint density at radius 2 is 1.65 bits per heavy atom. The zero-order valence-corrected chi connectivity index (χ0v) is 17.0. The maximum Gasteiger partial charge on any atom is 0.267 e. The second-order valence-electron chi connectivity index (χ2n) is 7.67. The fourth-order valence-corrected chi connectivity index (χ4v) is 3.29. The van der Waals surface area contributed by atoms with Gasteiger partial charge in [0.25, 0.3) is 5.56 Å². The van der Waals surface area contributed by atoms with Crippen molar-refractivity contribution in [2.75, 3.05) is 0 Å². The predicted octanol–water partition coefficient (Wildman–Crippen LogP) is 1.92. The Bertz CT molecular complexity index is 1110. The van der Waals surface area contributed by atoms with E-state index in [-0.39, 0.29) is 24.1 Å². The molecule has 0 bridgehead atoms. The summed E-state index contributed by atoms with van der Waals surface area (Å²) in [6, 6.07) is 21.4. The van der Waals surface area contributed by atoms with E-state index in [9.17, 15) is 14.4 Å². The quantitative estimate of drug-likeness (QED) is 0.587. The van der Waals surface area contributed by atoms with E-state index in [1.165, 1.54) is 6.07 Å². The highest BCUT2D eigenvalue weighted by Crippen LogP contribution is 2.19. The number of rotatable bonds is 8. The van der Waals surface area contributed by atoms with E-state index in [1.807, 2.05) is 60.7 Å². The van der Waals surface area contributed by atoms with E-state index in [0.29, 0.717) is 12.1 Å². The van der Waals surface area contributed by atoms with Crippen LogP contribution in [0.5, 0.6) is 0 Å². The van der Waals surface area contributed by atoms with E-state index in [4.69, 9.17) is 0 Å². The van der Waals surface area contributed by atoms with Gasteiger partial charge in [-0.2, -0.15) is 5.10 Å². The van der Waals surface area contributed by atoms with Crippen LogP contribution in [0.4, 0.5) is 0 Å². The Morgan fingerprint density at radius 3 is 2.32 bits per heavy atom. The molecule has 1 aromatic heterocycles. The molecule has 7 nitrogen and oxygen atoms in total. The minimum Gasteiger partial charge on any atom is -0.352 e. The third-order valence-electron chi connectivity index (χ3n) is 5.09. The normalized spacial score (nSPS) is 13.9. The summed E-state index contributed by atoms with van der Waals surface area (Å²) in [4.78, 5) is 37.7. The summed E-state index contributed by atoms with van der Waals surface area (Å²) < 4.78 is 1.12. The lowest BCUT2D eigenvalue weighted by Crippen LogP contribution is -2.50. The van der Waals surface area contributed by atoms with Gasteiger partial charge in [-0.25, -0.2) is 4.68 Å². The van der Waals surface area contributed by atoms with E-state index in [2.05, 4.69) is 15.7 Å². The number of nitrogens with one attached hydrogen (secondary N) is 2. The first-order valence-electron chi connectivity index (χ1n) is 10.4. The molecule has 1 aliphatic rings. The molecule has 1 aliphatic carbocycles. The largest absolute Gasteiger partial charge is 0.352 e. The fraction of sp³-hybridized carbons (Fsp3) is 0.250. The van der Waals surface area contributed by atoms with Crippen molar-refractivity contribution in [1.82, 2.24) is 20.4 Å². The fourth-order valence-electron chi connectivity index (χ4n) is 3.29. The molecule has 4 rings (SSSR count). The molecule has 2 aromatic carbocycles. The monoisotopic (exact) mass is 416 g/mol. The molecule has 0 radical (unpaired) electrons. The minimum absolute atomic E-state index is 0.189. The molecule has 31 heavy (non-hydrogen) atoms. The zero-order valence-electron chi connectivity index (χ0n) is 17.0. The van der Waals surface area contributed by atoms with E-state index >= 15 is 0 Å². The van der Waals surface area contributed by atoms with Crippen molar-refractivity contribution in [3.8, 4) is 11.3 Å². The average molecular weight is 416 g/mol. The van der Waals surface area contributed by atoms with Crippen LogP contribution in [0.1, 0.15) is 18.4 Å². The highest BCUT2D eigenvalue weighted by atomic mass is 16.2. The Morgan fingerprint density at radius 1 is 0.968 bits per heavy atom. The zero-order chi connectivity index (χ0) is 21.6. The standard InChI is InChI=1S/C24H24N4O3/c29-22(16-28-23(30)14-13-20(27-28)18-9-5-2-6-10-18)26-21(24(31)25-19-11-12-19)15-17-7-3-1-4-8-17/h1-10,13-14,19,21H,11-12,15-16H2,(H,25,31)(H,26,29). The van der Waals surface area contributed by atoms with Crippen molar-refractivity contribution in [3.05, 3.63) is 88.7 Å². The predicted molar refractivity (Wildman–Crippen MR) is 117 cm³/mol. The topological polar surface area (TPSA) is 93.1 Å². The molecule has 2 N–H and O–H groups in total. The summed E-state index contributed by atoms with van der Waals surface area (Å²) in [5, 5.41) is 10.1. The van der Waals surface area contributed by atoms with Crippen LogP contribution in [0.2, 0.25) is 0 Å². The average Bonchev–Trinajstić information content (AvgIpc) is 3.60. The van der Waals surface area contributed by atoms with Crippen molar-refractivity contribution in [3.63, 3.8) is 0 Å². The van der Waals surface area contributed by atoms with Crippen LogP contribution in [0.15, 0.2) is 77.6 Å². The van der Waals surface area contributed by atoms with Gasteiger partial charge in [-0.05, 0) is 24.5 Å². The summed E-state index contributed by atoms with van der Waals surface area (Å²) in [5.41, 5.74) is 2.01. The summed E-state index contributed by atoms with van der Waals surface area (Å²) >= 11 is 0. The molecule has 158 valence electrons. The Kier molecular flexibility index (Phi) is 6.21. The molecule has 1 saturated carbocycles. The maximum absolute atomic E-state index is 12.7. The molecular weight excluding hydrogens is 392 g/mol. The van der Waals surface area contributed by atoms with Crippen molar-refractivity contribution >= 4 is 11.8 Å². The molecule has 1 heterocycles. The summed E-state index contributed by atoms with van der Waals surface area (Å²) in [5.74, 6) is -0.648. The lowest BCUT2D eigenvalue weighted by Gasteiger charge is -2.19. The first-order chi connectivity index (χ1) is 15.1. The highest BCUT2D eigenvalue weighted by Gasteiger charge is 2.28. The summed E-state index contributed by atoms with van der Waals surface area (Å²) in [6.07, 6.45) is 2.30. The molecule has 0 saturated heterocycles. The van der Waals surface area contributed by atoms with Gasteiger partial charge in [0.1, 0.15) is 12.6 Å². The maximum atomic E-state index is 12.7. The van der Waals surface area contributed by atoms with Crippen molar-refractivity contribution < 1.29 is 9.59 Å². The summed E-state index contributed by atoms with van der Waals surface area (Å²) in [6.45, 7) is -0.262. The van der Waals surface area contributed by atoms with Crippen LogP contribution in [-0.2, 0) is 22.6 Å². The van der Waals surface area contributed by atoms with Crippen LogP contribution in [-0.4, -0.2) is 33.7 Å². The van der Waals surface area contributed by atoms with E-state index in [1.54, 1.807) is 6.07 Å².